The lowest BCUT2D eigenvalue weighted by Gasteiger charge is -2.27. The summed E-state index contributed by atoms with van der Waals surface area (Å²) in [6, 6.07) is 0. The minimum absolute atomic E-state index is 0.123. The van der Waals surface area contributed by atoms with Gasteiger partial charge in [-0.15, -0.1) is 0 Å². The second-order valence-electron chi connectivity index (χ2n) is 3.51. The van der Waals surface area contributed by atoms with Crippen LogP contribution in [0.25, 0.3) is 0 Å². The molecule has 0 atom stereocenters. The molecule has 1 saturated heterocycles. The van der Waals surface area contributed by atoms with E-state index >= 15 is 0 Å². The van der Waals surface area contributed by atoms with Crippen molar-refractivity contribution in [3.63, 3.8) is 0 Å². The Bertz CT molecular complexity index is 540. The summed E-state index contributed by atoms with van der Waals surface area (Å²) >= 11 is 1.92. The molecule has 8 heteroatoms. The molecule has 1 aromatic heterocycles. The van der Waals surface area contributed by atoms with Crippen LogP contribution in [0.4, 0.5) is 5.82 Å². The summed E-state index contributed by atoms with van der Waals surface area (Å²) < 4.78 is 23.0. The van der Waals surface area contributed by atoms with Gasteiger partial charge < -0.3 is 9.88 Å². The van der Waals surface area contributed by atoms with Gasteiger partial charge in [-0.1, -0.05) is 0 Å². The summed E-state index contributed by atoms with van der Waals surface area (Å²) in [5.74, 6) is 0.814. The van der Waals surface area contributed by atoms with Crippen molar-refractivity contribution in [3.05, 3.63) is 20.3 Å². The van der Waals surface area contributed by atoms with Crippen molar-refractivity contribution >= 4 is 38.2 Å². The number of H-pyrrole nitrogens is 1. The molecule has 2 heterocycles. The van der Waals surface area contributed by atoms with Crippen molar-refractivity contribution in [2.45, 2.75) is 0 Å². The van der Waals surface area contributed by atoms with Gasteiger partial charge in [-0.25, -0.2) is 13.4 Å². The van der Waals surface area contributed by atoms with Crippen molar-refractivity contribution in [1.82, 2.24) is 9.97 Å². The number of anilines is 1. The fourth-order valence-electron chi connectivity index (χ4n) is 1.52. The number of nitrogens with zero attached hydrogens (tertiary/aromatic N) is 2. The van der Waals surface area contributed by atoms with Gasteiger partial charge in [0.2, 0.25) is 0 Å². The highest BCUT2D eigenvalue weighted by Gasteiger charge is 2.24. The van der Waals surface area contributed by atoms with Gasteiger partial charge in [0, 0.05) is 13.1 Å². The molecule has 1 aliphatic heterocycles. The quantitative estimate of drug-likeness (QED) is 0.694. The first kappa shape index (κ1) is 11.8. The Kier molecular flexibility index (Phi) is 3.19. The van der Waals surface area contributed by atoms with Crippen molar-refractivity contribution in [2.75, 3.05) is 29.5 Å². The van der Waals surface area contributed by atoms with Crippen LogP contribution in [-0.4, -0.2) is 43.0 Å². The first-order chi connectivity index (χ1) is 7.49. The largest absolute Gasteiger partial charge is 0.353 e. The Morgan fingerprint density at radius 1 is 1.38 bits per heavy atom. The molecule has 16 heavy (non-hydrogen) atoms. The normalized spacial score (nSPS) is 19.7. The summed E-state index contributed by atoms with van der Waals surface area (Å²) in [7, 11) is -2.90. The number of halogens is 1. The molecule has 0 aliphatic carbocycles. The van der Waals surface area contributed by atoms with Crippen molar-refractivity contribution in [1.29, 1.82) is 0 Å². The van der Waals surface area contributed by atoms with Crippen LogP contribution in [0.2, 0.25) is 0 Å². The molecule has 0 unspecified atom stereocenters. The fraction of sp³-hybridized carbons (Fsp3) is 0.500. The number of nitrogens with one attached hydrogen (secondary N) is 1. The highest BCUT2D eigenvalue weighted by Crippen LogP contribution is 2.17. The van der Waals surface area contributed by atoms with E-state index in [-0.39, 0.29) is 17.1 Å². The number of rotatable bonds is 1. The van der Waals surface area contributed by atoms with E-state index in [9.17, 15) is 13.2 Å². The Balaban J connectivity index is 2.27. The Morgan fingerprint density at radius 2 is 2.00 bits per heavy atom. The van der Waals surface area contributed by atoms with Crippen molar-refractivity contribution in [2.24, 2.45) is 0 Å². The molecule has 0 bridgehead atoms. The topological polar surface area (TPSA) is 83.1 Å². The van der Waals surface area contributed by atoms with Crippen LogP contribution in [0.3, 0.4) is 0 Å². The van der Waals surface area contributed by atoms with Gasteiger partial charge in [0.15, 0.2) is 9.84 Å². The average molecular weight is 355 g/mol. The SMILES string of the molecule is O=c1[nH]cnc(N2CCS(=O)(=O)CC2)c1I. The molecular weight excluding hydrogens is 345 g/mol. The number of aromatic nitrogens is 2. The van der Waals surface area contributed by atoms with Crippen LogP contribution in [0, 0.1) is 3.57 Å². The third kappa shape index (κ3) is 2.37. The zero-order chi connectivity index (χ0) is 11.8. The molecule has 0 saturated carbocycles. The molecule has 1 N–H and O–H groups in total. The fourth-order valence-corrected chi connectivity index (χ4v) is 3.36. The standard InChI is InChI=1S/C8H10IN3O3S/c9-6-7(10-5-11-8(6)13)12-1-3-16(14,15)4-2-12/h5H,1-4H2,(H,10,11,13). The van der Waals surface area contributed by atoms with E-state index < -0.39 is 9.84 Å². The first-order valence-corrected chi connectivity index (χ1v) is 7.58. The van der Waals surface area contributed by atoms with Gasteiger partial charge in [0.05, 0.1) is 17.8 Å². The van der Waals surface area contributed by atoms with Crippen molar-refractivity contribution < 1.29 is 8.42 Å². The van der Waals surface area contributed by atoms with E-state index in [1.54, 1.807) is 0 Å². The minimum atomic E-state index is -2.90. The number of hydrogen-bond donors (Lipinski definition) is 1. The summed E-state index contributed by atoms with van der Waals surface area (Å²) in [6.45, 7) is 0.795. The van der Waals surface area contributed by atoms with Crippen LogP contribution in [0.5, 0.6) is 0 Å². The Morgan fingerprint density at radius 3 is 2.62 bits per heavy atom. The lowest BCUT2D eigenvalue weighted by atomic mass is 10.4. The predicted octanol–water partition coefficient (Wildman–Crippen LogP) is -0.391. The van der Waals surface area contributed by atoms with Crippen molar-refractivity contribution in [3.8, 4) is 0 Å². The lowest BCUT2D eigenvalue weighted by Crippen LogP contribution is -2.41. The Labute approximate surface area is 106 Å². The minimum Gasteiger partial charge on any atom is -0.353 e. The van der Waals surface area contributed by atoms with E-state index in [1.807, 2.05) is 27.5 Å². The maximum Gasteiger partial charge on any atom is 0.266 e. The van der Waals surface area contributed by atoms with Crippen LogP contribution in [-0.2, 0) is 9.84 Å². The second-order valence-corrected chi connectivity index (χ2v) is 6.89. The average Bonchev–Trinajstić information content (AvgIpc) is 2.23. The number of hydrogen-bond acceptors (Lipinski definition) is 5. The lowest BCUT2D eigenvalue weighted by molar-refractivity contribution is 0.586. The van der Waals surface area contributed by atoms with E-state index in [2.05, 4.69) is 9.97 Å². The third-order valence-electron chi connectivity index (χ3n) is 2.42. The molecule has 0 radical (unpaired) electrons. The summed E-state index contributed by atoms with van der Waals surface area (Å²) in [4.78, 5) is 19.7. The smallest absolute Gasteiger partial charge is 0.266 e. The van der Waals surface area contributed by atoms with E-state index in [0.29, 0.717) is 22.5 Å². The third-order valence-corrected chi connectivity index (χ3v) is 5.00. The van der Waals surface area contributed by atoms with E-state index in [1.165, 1.54) is 6.33 Å². The van der Waals surface area contributed by atoms with Gasteiger partial charge in [-0.2, -0.15) is 0 Å². The maximum absolute atomic E-state index is 11.4. The zero-order valence-corrected chi connectivity index (χ0v) is 11.3. The monoisotopic (exact) mass is 355 g/mol. The number of aromatic amines is 1. The molecule has 2 rings (SSSR count). The van der Waals surface area contributed by atoms with Crippen LogP contribution < -0.4 is 10.5 Å². The van der Waals surface area contributed by atoms with Gasteiger partial charge in [-0.3, -0.25) is 4.79 Å². The van der Waals surface area contributed by atoms with Gasteiger partial charge >= 0.3 is 0 Å². The molecule has 0 aromatic carbocycles. The molecular formula is C8H10IN3O3S. The Hall–Kier alpha value is -0.640. The van der Waals surface area contributed by atoms with Crippen LogP contribution in [0.15, 0.2) is 11.1 Å². The van der Waals surface area contributed by atoms with E-state index in [4.69, 9.17) is 0 Å². The molecule has 88 valence electrons. The zero-order valence-electron chi connectivity index (χ0n) is 8.31. The van der Waals surface area contributed by atoms with Gasteiger partial charge in [0.25, 0.3) is 5.56 Å². The maximum atomic E-state index is 11.4. The molecule has 6 nitrogen and oxygen atoms in total. The second kappa shape index (κ2) is 4.32. The summed E-state index contributed by atoms with van der Waals surface area (Å²) in [5, 5.41) is 0. The highest BCUT2D eigenvalue weighted by atomic mass is 127. The molecule has 1 aliphatic rings. The molecule has 0 amide bonds. The van der Waals surface area contributed by atoms with Crippen LogP contribution in [0.1, 0.15) is 0 Å². The predicted molar refractivity (Wildman–Crippen MR) is 68.4 cm³/mol. The summed E-state index contributed by atoms with van der Waals surface area (Å²) in [6.07, 6.45) is 1.34. The number of sulfone groups is 1. The first-order valence-electron chi connectivity index (χ1n) is 4.68. The van der Waals surface area contributed by atoms with E-state index in [0.717, 1.165) is 0 Å². The molecule has 0 spiro atoms. The highest BCUT2D eigenvalue weighted by molar-refractivity contribution is 14.1. The summed E-state index contributed by atoms with van der Waals surface area (Å²) in [5.41, 5.74) is -0.195. The molecule has 1 aromatic rings. The van der Waals surface area contributed by atoms with Crippen LogP contribution >= 0.6 is 22.6 Å². The van der Waals surface area contributed by atoms with Gasteiger partial charge in [0.1, 0.15) is 9.39 Å². The molecule has 1 fully saturated rings. The van der Waals surface area contributed by atoms with Gasteiger partial charge in [-0.05, 0) is 22.6 Å².